The Labute approximate surface area is 94.4 Å². The molecule has 1 saturated carbocycles. The SMILES string of the molecule is Cc1ccc(S(=O)(=O)OC(=O)C2CC2)cc1. The minimum Gasteiger partial charge on any atom is -0.342 e. The minimum atomic E-state index is -3.93. The highest BCUT2D eigenvalue weighted by Crippen LogP contribution is 2.31. The van der Waals surface area contributed by atoms with Gasteiger partial charge in [0.25, 0.3) is 0 Å². The molecule has 0 saturated heterocycles. The molecule has 0 heterocycles. The van der Waals surface area contributed by atoms with E-state index in [9.17, 15) is 13.2 Å². The van der Waals surface area contributed by atoms with E-state index in [4.69, 9.17) is 0 Å². The average Bonchev–Trinajstić information content (AvgIpc) is 3.00. The van der Waals surface area contributed by atoms with Crippen LogP contribution in [0.3, 0.4) is 0 Å². The molecule has 0 radical (unpaired) electrons. The van der Waals surface area contributed by atoms with Crippen molar-refractivity contribution in [1.29, 1.82) is 0 Å². The topological polar surface area (TPSA) is 60.4 Å². The van der Waals surface area contributed by atoms with Crippen molar-refractivity contribution in [1.82, 2.24) is 0 Å². The summed E-state index contributed by atoms with van der Waals surface area (Å²) in [4.78, 5) is 11.3. The van der Waals surface area contributed by atoms with E-state index in [0.717, 1.165) is 18.4 Å². The van der Waals surface area contributed by atoms with Crippen LogP contribution in [0.5, 0.6) is 0 Å². The van der Waals surface area contributed by atoms with Crippen LogP contribution in [-0.2, 0) is 19.1 Å². The summed E-state index contributed by atoms with van der Waals surface area (Å²) in [6, 6.07) is 6.20. The van der Waals surface area contributed by atoms with Crippen LogP contribution in [0, 0.1) is 12.8 Å². The van der Waals surface area contributed by atoms with Crippen LogP contribution in [-0.4, -0.2) is 14.4 Å². The number of carbonyl (C=O) groups is 1. The third kappa shape index (κ3) is 2.41. The van der Waals surface area contributed by atoms with Gasteiger partial charge in [0.05, 0.1) is 5.92 Å². The quantitative estimate of drug-likeness (QED) is 0.753. The molecule has 0 aliphatic heterocycles. The molecule has 0 amide bonds. The number of hydrogen-bond acceptors (Lipinski definition) is 4. The maximum Gasteiger partial charge on any atom is 0.341 e. The first-order chi connectivity index (χ1) is 7.49. The highest BCUT2D eigenvalue weighted by Gasteiger charge is 2.34. The monoisotopic (exact) mass is 240 g/mol. The molecule has 16 heavy (non-hydrogen) atoms. The van der Waals surface area contributed by atoms with E-state index in [1.807, 2.05) is 6.92 Å². The number of carbonyl (C=O) groups excluding carboxylic acids is 1. The van der Waals surface area contributed by atoms with Crippen molar-refractivity contribution in [2.45, 2.75) is 24.7 Å². The maximum absolute atomic E-state index is 11.6. The van der Waals surface area contributed by atoms with Crippen molar-refractivity contribution in [2.24, 2.45) is 5.92 Å². The lowest BCUT2D eigenvalue weighted by Crippen LogP contribution is -2.14. The molecule has 2 rings (SSSR count). The standard InChI is InChI=1S/C11H12O4S/c1-8-2-6-10(7-3-8)16(13,14)15-11(12)9-4-5-9/h2-3,6-7,9H,4-5H2,1H3. The van der Waals surface area contributed by atoms with Crippen LogP contribution >= 0.6 is 0 Å². The van der Waals surface area contributed by atoms with Crippen molar-refractivity contribution in [2.75, 3.05) is 0 Å². The van der Waals surface area contributed by atoms with Gasteiger partial charge in [-0.3, -0.25) is 4.79 Å². The molecule has 1 aromatic rings. The summed E-state index contributed by atoms with van der Waals surface area (Å²) in [6.45, 7) is 1.85. The van der Waals surface area contributed by atoms with Crippen LogP contribution in [0.25, 0.3) is 0 Å². The second-order valence-corrected chi connectivity index (χ2v) is 5.49. The van der Waals surface area contributed by atoms with Crippen molar-refractivity contribution in [3.63, 3.8) is 0 Å². The lowest BCUT2D eigenvalue weighted by atomic mass is 10.2. The zero-order chi connectivity index (χ0) is 11.8. The van der Waals surface area contributed by atoms with Gasteiger partial charge in [0.15, 0.2) is 0 Å². The highest BCUT2D eigenvalue weighted by atomic mass is 32.2. The molecule has 1 aliphatic rings. The lowest BCUT2D eigenvalue weighted by Gasteiger charge is -2.04. The summed E-state index contributed by atoms with van der Waals surface area (Å²) in [5.74, 6) is -0.860. The highest BCUT2D eigenvalue weighted by molar-refractivity contribution is 7.87. The number of hydrogen-bond donors (Lipinski definition) is 0. The van der Waals surface area contributed by atoms with Crippen LogP contribution in [0.2, 0.25) is 0 Å². The van der Waals surface area contributed by atoms with Crippen molar-refractivity contribution in [3.8, 4) is 0 Å². The summed E-state index contributed by atoms with van der Waals surface area (Å²) in [5.41, 5.74) is 0.951. The second kappa shape index (κ2) is 3.90. The minimum absolute atomic E-state index is 0.0205. The summed E-state index contributed by atoms with van der Waals surface area (Å²) >= 11 is 0. The first-order valence-electron chi connectivity index (χ1n) is 5.04. The molecule has 1 aromatic carbocycles. The van der Waals surface area contributed by atoms with Crippen molar-refractivity contribution >= 4 is 16.1 Å². The van der Waals surface area contributed by atoms with E-state index < -0.39 is 16.1 Å². The van der Waals surface area contributed by atoms with Gasteiger partial charge in [-0.05, 0) is 31.9 Å². The van der Waals surface area contributed by atoms with Crippen molar-refractivity contribution in [3.05, 3.63) is 29.8 Å². The van der Waals surface area contributed by atoms with Crippen molar-refractivity contribution < 1.29 is 17.4 Å². The van der Waals surface area contributed by atoms with E-state index in [1.165, 1.54) is 12.1 Å². The first kappa shape index (κ1) is 11.1. The van der Waals surface area contributed by atoms with Gasteiger partial charge in [-0.1, -0.05) is 17.7 Å². The molecular formula is C11H12O4S. The molecule has 4 nitrogen and oxygen atoms in total. The smallest absolute Gasteiger partial charge is 0.341 e. The third-order valence-electron chi connectivity index (χ3n) is 2.41. The van der Waals surface area contributed by atoms with Gasteiger partial charge < -0.3 is 4.18 Å². The number of rotatable bonds is 3. The van der Waals surface area contributed by atoms with Crippen LogP contribution in [0.1, 0.15) is 18.4 Å². The number of aryl methyl sites for hydroxylation is 1. The summed E-state index contributed by atoms with van der Waals surface area (Å²) in [6.07, 6.45) is 1.45. The molecule has 1 fully saturated rings. The molecule has 0 spiro atoms. The summed E-state index contributed by atoms with van der Waals surface area (Å²) in [5, 5.41) is 0. The first-order valence-corrected chi connectivity index (χ1v) is 6.45. The van der Waals surface area contributed by atoms with Gasteiger partial charge >= 0.3 is 16.1 Å². The second-order valence-electron chi connectivity index (χ2n) is 3.94. The predicted molar refractivity (Wildman–Crippen MR) is 57.2 cm³/mol. The number of benzene rings is 1. The molecule has 0 atom stereocenters. The molecule has 0 unspecified atom stereocenters. The Morgan fingerprint density at radius 3 is 2.31 bits per heavy atom. The Bertz CT molecular complexity index is 497. The Morgan fingerprint density at radius 1 is 1.25 bits per heavy atom. The third-order valence-corrected chi connectivity index (χ3v) is 3.65. The molecule has 0 aromatic heterocycles. The van der Waals surface area contributed by atoms with Gasteiger partial charge in [0.1, 0.15) is 4.90 Å². The molecule has 86 valence electrons. The van der Waals surface area contributed by atoms with Gasteiger partial charge in [-0.25, -0.2) is 0 Å². The Morgan fingerprint density at radius 2 is 1.81 bits per heavy atom. The van der Waals surface area contributed by atoms with E-state index in [1.54, 1.807) is 12.1 Å². The maximum atomic E-state index is 11.6. The normalized spacial score (nSPS) is 15.8. The van der Waals surface area contributed by atoms with Crippen LogP contribution < -0.4 is 0 Å². The van der Waals surface area contributed by atoms with E-state index >= 15 is 0 Å². The predicted octanol–water partition coefficient (Wildman–Crippen LogP) is 1.64. The fraction of sp³-hybridized carbons (Fsp3) is 0.364. The molecular weight excluding hydrogens is 228 g/mol. The van der Waals surface area contributed by atoms with Crippen LogP contribution in [0.15, 0.2) is 29.2 Å². The molecule has 0 bridgehead atoms. The van der Waals surface area contributed by atoms with E-state index in [-0.39, 0.29) is 10.8 Å². The fourth-order valence-corrected chi connectivity index (χ4v) is 2.17. The van der Waals surface area contributed by atoms with E-state index in [0.29, 0.717) is 0 Å². The van der Waals surface area contributed by atoms with Gasteiger partial charge in [-0.2, -0.15) is 8.42 Å². The van der Waals surface area contributed by atoms with E-state index in [2.05, 4.69) is 4.18 Å². The Hall–Kier alpha value is -1.36. The zero-order valence-corrected chi connectivity index (χ0v) is 9.66. The fourth-order valence-electron chi connectivity index (χ4n) is 1.25. The largest absolute Gasteiger partial charge is 0.342 e. The summed E-state index contributed by atoms with van der Waals surface area (Å²) < 4.78 is 27.8. The van der Waals surface area contributed by atoms with Gasteiger partial charge in [0, 0.05) is 0 Å². The Kier molecular flexibility index (Phi) is 2.71. The lowest BCUT2D eigenvalue weighted by molar-refractivity contribution is -0.135. The zero-order valence-electron chi connectivity index (χ0n) is 8.84. The van der Waals surface area contributed by atoms with Crippen LogP contribution in [0.4, 0.5) is 0 Å². The summed E-state index contributed by atoms with van der Waals surface area (Å²) in [7, 11) is -3.93. The average molecular weight is 240 g/mol. The molecule has 5 heteroatoms. The molecule has 0 N–H and O–H groups in total. The van der Waals surface area contributed by atoms with Gasteiger partial charge in [-0.15, -0.1) is 0 Å². The van der Waals surface area contributed by atoms with Gasteiger partial charge in [0.2, 0.25) is 0 Å². The Balaban J connectivity index is 2.17. The molecule has 1 aliphatic carbocycles.